The largest absolute Gasteiger partial charge is 0.396 e. The lowest BCUT2D eigenvalue weighted by Gasteiger charge is -2.27. The first-order valence-corrected chi connectivity index (χ1v) is 6.42. The Morgan fingerprint density at radius 3 is 3.18 bits per heavy atom. The Kier molecular flexibility index (Phi) is 4.50. The van der Waals surface area contributed by atoms with Gasteiger partial charge in [-0.15, -0.1) is 0 Å². The SMILES string of the molecule is CC(Cc1nc(CCO)no1)C1CCCNC1. The second-order valence-electron chi connectivity index (χ2n) is 4.87. The van der Waals surface area contributed by atoms with E-state index >= 15 is 0 Å². The van der Waals surface area contributed by atoms with Gasteiger partial charge in [-0.1, -0.05) is 12.1 Å². The second kappa shape index (κ2) is 6.12. The highest BCUT2D eigenvalue weighted by Gasteiger charge is 2.22. The molecule has 1 saturated heterocycles. The van der Waals surface area contributed by atoms with Gasteiger partial charge in [-0.3, -0.25) is 0 Å². The summed E-state index contributed by atoms with van der Waals surface area (Å²) in [6.07, 6.45) is 3.86. The van der Waals surface area contributed by atoms with Crippen LogP contribution < -0.4 is 5.32 Å². The fraction of sp³-hybridized carbons (Fsp3) is 0.833. The number of rotatable bonds is 5. The number of nitrogens with zero attached hydrogens (tertiary/aromatic N) is 2. The van der Waals surface area contributed by atoms with Gasteiger partial charge >= 0.3 is 0 Å². The lowest BCUT2D eigenvalue weighted by atomic mass is 9.85. The molecule has 0 saturated carbocycles. The Hall–Kier alpha value is -0.940. The van der Waals surface area contributed by atoms with Crippen LogP contribution in [0.4, 0.5) is 0 Å². The maximum absolute atomic E-state index is 8.78. The van der Waals surface area contributed by atoms with Crippen LogP contribution in [0.2, 0.25) is 0 Å². The van der Waals surface area contributed by atoms with Crippen molar-refractivity contribution < 1.29 is 9.63 Å². The highest BCUT2D eigenvalue weighted by Crippen LogP contribution is 2.22. The van der Waals surface area contributed by atoms with Gasteiger partial charge in [-0.25, -0.2) is 0 Å². The van der Waals surface area contributed by atoms with E-state index in [-0.39, 0.29) is 6.61 Å². The number of nitrogens with one attached hydrogen (secondary N) is 1. The summed E-state index contributed by atoms with van der Waals surface area (Å²) in [6.45, 7) is 4.55. The quantitative estimate of drug-likeness (QED) is 0.794. The van der Waals surface area contributed by atoms with Gasteiger partial charge in [-0.2, -0.15) is 4.98 Å². The molecule has 0 bridgehead atoms. The zero-order valence-electron chi connectivity index (χ0n) is 10.4. The third kappa shape index (κ3) is 3.51. The van der Waals surface area contributed by atoms with Crippen LogP contribution in [0.25, 0.3) is 0 Å². The summed E-state index contributed by atoms with van der Waals surface area (Å²) in [5.74, 6) is 2.57. The zero-order chi connectivity index (χ0) is 12.1. The summed E-state index contributed by atoms with van der Waals surface area (Å²) in [7, 11) is 0. The molecular formula is C12H21N3O2. The summed E-state index contributed by atoms with van der Waals surface area (Å²) in [6, 6.07) is 0. The first-order chi connectivity index (χ1) is 8.29. The molecule has 0 aromatic carbocycles. The van der Waals surface area contributed by atoms with Crippen molar-refractivity contribution in [1.82, 2.24) is 15.5 Å². The number of aliphatic hydroxyl groups excluding tert-OH is 1. The van der Waals surface area contributed by atoms with Gasteiger partial charge in [0.15, 0.2) is 5.82 Å². The molecule has 0 aliphatic carbocycles. The van der Waals surface area contributed by atoms with Crippen LogP contribution in [0, 0.1) is 11.8 Å². The molecule has 1 fully saturated rings. The van der Waals surface area contributed by atoms with Crippen LogP contribution in [0.3, 0.4) is 0 Å². The van der Waals surface area contributed by atoms with E-state index < -0.39 is 0 Å². The van der Waals surface area contributed by atoms with Crippen molar-refractivity contribution in [3.63, 3.8) is 0 Å². The van der Waals surface area contributed by atoms with Gasteiger partial charge < -0.3 is 14.9 Å². The third-order valence-electron chi connectivity index (χ3n) is 3.48. The standard InChI is InChI=1S/C12H21N3O2/c1-9(10-3-2-5-13-8-10)7-12-14-11(4-6-16)15-17-12/h9-10,13,16H,2-8H2,1H3. The van der Waals surface area contributed by atoms with Gasteiger partial charge in [0.2, 0.25) is 5.89 Å². The van der Waals surface area contributed by atoms with Crippen molar-refractivity contribution >= 4 is 0 Å². The molecule has 17 heavy (non-hydrogen) atoms. The van der Waals surface area contributed by atoms with Crippen LogP contribution in [0.1, 0.15) is 31.5 Å². The molecule has 5 heteroatoms. The topological polar surface area (TPSA) is 71.2 Å². The molecule has 1 aliphatic heterocycles. The summed E-state index contributed by atoms with van der Waals surface area (Å²) in [4.78, 5) is 4.28. The van der Waals surface area contributed by atoms with E-state index in [1.165, 1.54) is 12.8 Å². The molecule has 2 atom stereocenters. The molecule has 0 spiro atoms. The smallest absolute Gasteiger partial charge is 0.226 e. The minimum Gasteiger partial charge on any atom is -0.396 e. The van der Waals surface area contributed by atoms with E-state index in [1.54, 1.807) is 0 Å². The van der Waals surface area contributed by atoms with Crippen LogP contribution >= 0.6 is 0 Å². The Labute approximate surface area is 102 Å². The number of piperidine rings is 1. The van der Waals surface area contributed by atoms with Crippen molar-refractivity contribution in [3.8, 4) is 0 Å². The molecule has 1 aromatic heterocycles. The van der Waals surface area contributed by atoms with Crippen molar-refractivity contribution in [1.29, 1.82) is 0 Å². The van der Waals surface area contributed by atoms with Crippen LogP contribution in [-0.2, 0) is 12.8 Å². The van der Waals surface area contributed by atoms with E-state index in [9.17, 15) is 0 Å². The zero-order valence-corrected chi connectivity index (χ0v) is 10.4. The number of aromatic nitrogens is 2. The van der Waals surface area contributed by atoms with Gasteiger partial charge in [0, 0.05) is 12.8 Å². The Morgan fingerprint density at radius 1 is 1.59 bits per heavy atom. The van der Waals surface area contributed by atoms with Crippen molar-refractivity contribution in [2.75, 3.05) is 19.7 Å². The average molecular weight is 239 g/mol. The lowest BCUT2D eigenvalue weighted by molar-refractivity contribution is 0.256. The molecule has 2 unspecified atom stereocenters. The fourth-order valence-electron chi connectivity index (χ4n) is 2.38. The molecule has 96 valence electrons. The first-order valence-electron chi connectivity index (χ1n) is 6.42. The van der Waals surface area contributed by atoms with Crippen LogP contribution in [0.5, 0.6) is 0 Å². The number of aliphatic hydroxyl groups is 1. The minimum atomic E-state index is 0.0705. The van der Waals surface area contributed by atoms with E-state index in [1.807, 2.05) is 0 Å². The van der Waals surface area contributed by atoms with Gasteiger partial charge in [-0.05, 0) is 37.8 Å². The summed E-state index contributed by atoms with van der Waals surface area (Å²) >= 11 is 0. The Morgan fingerprint density at radius 2 is 2.47 bits per heavy atom. The van der Waals surface area contributed by atoms with Crippen molar-refractivity contribution in [2.45, 2.75) is 32.6 Å². The maximum Gasteiger partial charge on any atom is 0.226 e. The lowest BCUT2D eigenvalue weighted by Crippen LogP contribution is -2.33. The van der Waals surface area contributed by atoms with E-state index in [2.05, 4.69) is 22.4 Å². The predicted octanol–water partition coefficient (Wildman–Crippen LogP) is 0.783. The predicted molar refractivity (Wildman–Crippen MR) is 63.5 cm³/mol. The summed E-state index contributed by atoms with van der Waals surface area (Å²) in [5, 5.41) is 16.1. The summed E-state index contributed by atoms with van der Waals surface area (Å²) in [5.41, 5.74) is 0. The fourth-order valence-corrected chi connectivity index (χ4v) is 2.38. The van der Waals surface area contributed by atoms with Crippen LogP contribution in [-0.4, -0.2) is 34.9 Å². The monoisotopic (exact) mass is 239 g/mol. The van der Waals surface area contributed by atoms with Gasteiger partial charge in [0.05, 0.1) is 6.61 Å². The molecule has 2 rings (SSSR count). The molecule has 5 nitrogen and oxygen atoms in total. The normalized spacial score (nSPS) is 22.6. The van der Waals surface area contributed by atoms with Crippen molar-refractivity contribution in [3.05, 3.63) is 11.7 Å². The van der Waals surface area contributed by atoms with E-state index in [4.69, 9.17) is 9.63 Å². The average Bonchev–Trinajstić information content (AvgIpc) is 2.78. The first kappa shape index (κ1) is 12.5. The van der Waals surface area contributed by atoms with Crippen LogP contribution in [0.15, 0.2) is 4.52 Å². The number of hydrogen-bond donors (Lipinski definition) is 2. The highest BCUT2D eigenvalue weighted by molar-refractivity contribution is 4.89. The molecule has 2 heterocycles. The second-order valence-corrected chi connectivity index (χ2v) is 4.87. The molecule has 1 aromatic rings. The molecule has 0 amide bonds. The molecule has 1 aliphatic rings. The summed E-state index contributed by atoms with van der Waals surface area (Å²) < 4.78 is 5.19. The molecule has 2 N–H and O–H groups in total. The third-order valence-corrected chi connectivity index (χ3v) is 3.48. The molecule has 0 radical (unpaired) electrons. The number of hydrogen-bond acceptors (Lipinski definition) is 5. The van der Waals surface area contributed by atoms with E-state index in [0.29, 0.717) is 30.0 Å². The minimum absolute atomic E-state index is 0.0705. The van der Waals surface area contributed by atoms with Crippen molar-refractivity contribution in [2.24, 2.45) is 11.8 Å². The maximum atomic E-state index is 8.78. The molecular weight excluding hydrogens is 218 g/mol. The van der Waals surface area contributed by atoms with Gasteiger partial charge in [0.1, 0.15) is 0 Å². The highest BCUT2D eigenvalue weighted by atomic mass is 16.5. The van der Waals surface area contributed by atoms with E-state index in [0.717, 1.165) is 19.5 Å². The Bertz CT molecular complexity index is 334. The van der Waals surface area contributed by atoms with Gasteiger partial charge in [0.25, 0.3) is 0 Å². The Balaban J connectivity index is 1.85.